The van der Waals surface area contributed by atoms with Crippen LogP contribution in [0.3, 0.4) is 0 Å². The third-order valence-electron chi connectivity index (χ3n) is 2.91. The van der Waals surface area contributed by atoms with E-state index in [1.807, 2.05) is 0 Å². The number of hydrogen-bond acceptors (Lipinski definition) is 9. The monoisotopic (exact) mass is 313 g/mol. The van der Waals surface area contributed by atoms with Gasteiger partial charge >= 0.3 is 0 Å². The van der Waals surface area contributed by atoms with E-state index in [1.54, 1.807) is 0 Å². The van der Waals surface area contributed by atoms with Gasteiger partial charge in [0.15, 0.2) is 6.10 Å². The maximum Gasteiger partial charge on any atom is 0.254 e. The summed E-state index contributed by atoms with van der Waals surface area (Å²) >= 11 is 0. The zero-order valence-electron chi connectivity index (χ0n) is 11.4. The Balaban J connectivity index is 4.79. The molecule has 0 saturated carbocycles. The van der Waals surface area contributed by atoms with E-state index < -0.39 is 56.2 Å². The van der Waals surface area contributed by atoms with Crippen molar-refractivity contribution >= 4 is 5.91 Å². The average molecular weight is 313 g/mol. The Morgan fingerprint density at radius 3 is 1.67 bits per heavy atom. The first-order valence-electron chi connectivity index (χ1n) is 6.33. The van der Waals surface area contributed by atoms with E-state index in [-0.39, 0.29) is 13.1 Å². The minimum atomic E-state index is -2.14. The Hall–Kier alpha value is -0.850. The largest absolute Gasteiger partial charge is 0.395 e. The van der Waals surface area contributed by atoms with Gasteiger partial charge in [-0.15, -0.1) is 0 Å². The van der Waals surface area contributed by atoms with E-state index in [2.05, 4.69) is 0 Å². The van der Waals surface area contributed by atoms with Gasteiger partial charge in [0.05, 0.1) is 19.8 Å². The zero-order chi connectivity index (χ0) is 16.6. The number of amides is 1. The molecule has 1 amide bonds. The van der Waals surface area contributed by atoms with Crippen LogP contribution in [0.5, 0.6) is 0 Å². The Kier molecular flexibility index (Phi) is 9.57. The molecule has 5 atom stereocenters. The topological polar surface area (TPSA) is 182 Å². The van der Waals surface area contributed by atoms with Crippen LogP contribution in [0, 0.1) is 0 Å². The van der Waals surface area contributed by atoms with Gasteiger partial charge in [-0.05, 0) is 0 Å². The van der Waals surface area contributed by atoms with Gasteiger partial charge in [0, 0.05) is 13.1 Å². The van der Waals surface area contributed by atoms with Crippen molar-refractivity contribution in [2.45, 2.75) is 30.5 Å². The predicted octanol–water partition coefficient (Wildman–Crippen LogP) is -5.40. The standard InChI is InChI=1S/C11H23NO9/c13-3-1-12(2-4-14)11(21)10(20)9(19)8(18)7(17)6(16)5-15/h6-10,13-20H,1-5H2/t6-,7+,8-,9-,10-/m1/s1. The molecule has 0 rings (SSSR count). The van der Waals surface area contributed by atoms with Gasteiger partial charge in [-0.1, -0.05) is 0 Å². The fraction of sp³-hybridized carbons (Fsp3) is 0.909. The molecule has 10 nitrogen and oxygen atoms in total. The lowest BCUT2D eigenvalue weighted by Gasteiger charge is -2.30. The van der Waals surface area contributed by atoms with Crippen LogP contribution in [0.4, 0.5) is 0 Å². The molecule has 0 aromatic heterocycles. The Labute approximate surface area is 121 Å². The third kappa shape index (κ3) is 5.80. The molecule has 21 heavy (non-hydrogen) atoms. The number of carbonyl (C=O) groups is 1. The quantitative estimate of drug-likeness (QED) is 0.195. The number of aliphatic hydroxyl groups is 8. The second-order valence-corrected chi connectivity index (χ2v) is 4.44. The van der Waals surface area contributed by atoms with Crippen LogP contribution in [0.25, 0.3) is 0 Å². The lowest BCUT2D eigenvalue weighted by atomic mass is 9.98. The highest BCUT2D eigenvalue weighted by Crippen LogP contribution is 2.10. The van der Waals surface area contributed by atoms with Crippen molar-refractivity contribution in [1.82, 2.24) is 4.90 Å². The van der Waals surface area contributed by atoms with Gasteiger partial charge in [-0.25, -0.2) is 0 Å². The highest BCUT2D eigenvalue weighted by atomic mass is 16.4. The van der Waals surface area contributed by atoms with Gasteiger partial charge in [0.2, 0.25) is 0 Å². The summed E-state index contributed by atoms with van der Waals surface area (Å²) in [6, 6.07) is 0. The van der Waals surface area contributed by atoms with E-state index >= 15 is 0 Å². The van der Waals surface area contributed by atoms with Crippen LogP contribution in [0.2, 0.25) is 0 Å². The van der Waals surface area contributed by atoms with E-state index in [4.69, 9.17) is 20.4 Å². The lowest BCUT2D eigenvalue weighted by Crippen LogP contribution is -2.55. The molecule has 0 unspecified atom stereocenters. The molecule has 8 N–H and O–H groups in total. The second-order valence-electron chi connectivity index (χ2n) is 4.44. The van der Waals surface area contributed by atoms with Gasteiger partial charge < -0.3 is 45.8 Å². The molecule has 0 fully saturated rings. The van der Waals surface area contributed by atoms with Crippen molar-refractivity contribution in [2.75, 3.05) is 32.9 Å². The van der Waals surface area contributed by atoms with Crippen molar-refractivity contribution in [3.05, 3.63) is 0 Å². The van der Waals surface area contributed by atoms with Crippen LogP contribution >= 0.6 is 0 Å². The summed E-state index contributed by atoms with van der Waals surface area (Å²) in [5.41, 5.74) is 0. The molecule has 0 aromatic rings. The van der Waals surface area contributed by atoms with E-state index in [9.17, 15) is 25.2 Å². The van der Waals surface area contributed by atoms with Crippen molar-refractivity contribution in [2.24, 2.45) is 0 Å². The van der Waals surface area contributed by atoms with Crippen molar-refractivity contribution in [3.63, 3.8) is 0 Å². The first kappa shape index (κ1) is 20.1. The molecule has 10 heteroatoms. The molecule has 0 aliphatic carbocycles. The minimum Gasteiger partial charge on any atom is -0.395 e. The highest BCUT2D eigenvalue weighted by molar-refractivity contribution is 5.81. The first-order chi connectivity index (χ1) is 9.81. The summed E-state index contributed by atoms with van der Waals surface area (Å²) < 4.78 is 0. The molecule has 0 aliphatic heterocycles. The van der Waals surface area contributed by atoms with Crippen LogP contribution in [-0.4, -0.2) is 115 Å². The molecular weight excluding hydrogens is 290 g/mol. The fourth-order valence-corrected chi connectivity index (χ4v) is 1.63. The normalized spacial score (nSPS) is 18.7. The predicted molar refractivity (Wildman–Crippen MR) is 67.9 cm³/mol. The number of carbonyl (C=O) groups excluding carboxylic acids is 1. The van der Waals surface area contributed by atoms with Gasteiger partial charge in [-0.3, -0.25) is 4.79 Å². The summed E-state index contributed by atoms with van der Waals surface area (Å²) in [5.74, 6) is -1.07. The van der Waals surface area contributed by atoms with Crippen molar-refractivity contribution in [3.8, 4) is 0 Å². The Bertz CT molecular complexity index is 297. The molecule has 0 spiro atoms. The first-order valence-corrected chi connectivity index (χ1v) is 6.33. The molecule has 0 bridgehead atoms. The maximum absolute atomic E-state index is 11.8. The molecular formula is C11H23NO9. The Morgan fingerprint density at radius 2 is 1.29 bits per heavy atom. The highest BCUT2D eigenvalue weighted by Gasteiger charge is 2.38. The third-order valence-corrected chi connectivity index (χ3v) is 2.91. The van der Waals surface area contributed by atoms with Crippen molar-refractivity contribution in [1.29, 1.82) is 0 Å². The zero-order valence-corrected chi connectivity index (χ0v) is 11.4. The number of rotatable bonds is 10. The van der Waals surface area contributed by atoms with E-state index in [0.717, 1.165) is 4.90 Å². The SMILES string of the molecule is O=C([C@H](O)[C@H](O)[C@H](O)[C@@H](O)[C@H](O)CO)N(CCO)CCO. The summed E-state index contributed by atoms with van der Waals surface area (Å²) in [7, 11) is 0. The summed E-state index contributed by atoms with van der Waals surface area (Å²) in [5, 5.41) is 73.5. The minimum absolute atomic E-state index is 0.207. The average Bonchev–Trinajstić information content (AvgIpc) is 2.50. The maximum atomic E-state index is 11.8. The number of nitrogens with zero attached hydrogens (tertiary/aromatic N) is 1. The molecule has 0 heterocycles. The summed E-state index contributed by atoms with van der Waals surface area (Å²) in [6.45, 7) is -2.19. The van der Waals surface area contributed by atoms with Crippen LogP contribution in [0.15, 0.2) is 0 Å². The molecule has 0 aliphatic rings. The molecule has 0 aromatic carbocycles. The smallest absolute Gasteiger partial charge is 0.254 e. The van der Waals surface area contributed by atoms with E-state index in [1.165, 1.54) is 0 Å². The van der Waals surface area contributed by atoms with Crippen LogP contribution < -0.4 is 0 Å². The second kappa shape index (κ2) is 9.97. The fourth-order valence-electron chi connectivity index (χ4n) is 1.63. The Morgan fingerprint density at radius 1 is 0.810 bits per heavy atom. The summed E-state index contributed by atoms with van der Waals surface area (Å²) in [6.07, 6.45) is -10.1. The van der Waals surface area contributed by atoms with Crippen LogP contribution in [0.1, 0.15) is 0 Å². The molecule has 0 saturated heterocycles. The lowest BCUT2D eigenvalue weighted by molar-refractivity contribution is -0.165. The summed E-state index contributed by atoms with van der Waals surface area (Å²) in [4.78, 5) is 12.7. The van der Waals surface area contributed by atoms with Crippen LogP contribution in [-0.2, 0) is 4.79 Å². The molecule has 126 valence electrons. The van der Waals surface area contributed by atoms with E-state index in [0.29, 0.717) is 0 Å². The number of aliphatic hydroxyl groups excluding tert-OH is 8. The molecule has 0 radical (unpaired) electrons. The van der Waals surface area contributed by atoms with Gasteiger partial charge in [0.25, 0.3) is 5.91 Å². The number of hydrogen-bond donors (Lipinski definition) is 8. The van der Waals surface area contributed by atoms with Crippen molar-refractivity contribution < 1.29 is 45.6 Å². The van der Waals surface area contributed by atoms with Gasteiger partial charge in [-0.2, -0.15) is 0 Å². The van der Waals surface area contributed by atoms with Gasteiger partial charge in [0.1, 0.15) is 24.4 Å².